The van der Waals surface area contributed by atoms with Gasteiger partial charge in [-0.25, -0.2) is 9.78 Å². The van der Waals surface area contributed by atoms with Gasteiger partial charge in [0.2, 0.25) is 0 Å². The van der Waals surface area contributed by atoms with Crippen LogP contribution in [0.15, 0.2) is 65.7 Å². The molecule has 4 saturated carbocycles. The van der Waals surface area contributed by atoms with Crippen LogP contribution < -0.4 is 10.6 Å². The topological polar surface area (TPSA) is 74.2 Å². The van der Waals surface area contributed by atoms with Gasteiger partial charge in [0.15, 0.2) is 0 Å². The van der Waals surface area contributed by atoms with Gasteiger partial charge in [-0.15, -0.1) is 11.8 Å². The summed E-state index contributed by atoms with van der Waals surface area (Å²) in [5, 5.41) is 17.3. The third kappa shape index (κ3) is 5.44. The van der Waals surface area contributed by atoms with Crippen molar-refractivity contribution in [3.8, 4) is 0 Å². The standard InChI is InChI=1S/C44H61N3O2S/c1-28(2)32-17-22-44(47-26-25-45-37-16-13-31(50-8)27-46-37)24-23-42(6)34(38(32)44)14-15-36-41(5)20-18-33(29-9-11-30(12-10-29)39(48)49)40(3,4)35(41)19-21-43(36,42)7/h9-13,16,18,27,32,34-36,38,47H,1,14-15,17,19-26H2,2-8H3,(H,45,46)(H,48,49). The van der Waals surface area contributed by atoms with E-state index >= 15 is 0 Å². The minimum Gasteiger partial charge on any atom is -0.478 e. The van der Waals surface area contributed by atoms with Crippen LogP contribution in [-0.4, -0.2) is 40.9 Å². The molecule has 1 heterocycles. The number of nitrogens with one attached hydrogen (secondary N) is 2. The lowest BCUT2D eigenvalue weighted by Gasteiger charge is -2.72. The first-order valence-electron chi connectivity index (χ1n) is 19.4. The fourth-order valence-corrected chi connectivity index (χ4v) is 13.8. The number of hydrogen-bond acceptors (Lipinski definition) is 5. The Balaban J connectivity index is 1.13. The number of carboxylic acid groups (broad SMARTS) is 1. The van der Waals surface area contributed by atoms with Gasteiger partial charge >= 0.3 is 5.97 Å². The maximum atomic E-state index is 11.6. The Bertz CT molecular complexity index is 1650. The van der Waals surface area contributed by atoms with Gasteiger partial charge in [0.05, 0.1) is 5.56 Å². The Kier molecular flexibility index (Phi) is 9.19. The van der Waals surface area contributed by atoms with Crippen LogP contribution in [0.3, 0.4) is 0 Å². The van der Waals surface area contributed by atoms with Gasteiger partial charge in [-0.05, 0) is 158 Å². The summed E-state index contributed by atoms with van der Waals surface area (Å²) in [6.07, 6.45) is 18.0. The molecule has 3 N–H and O–H groups in total. The summed E-state index contributed by atoms with van der Waals surface area (Å²) in [7, 11) is 0. The second kappa shape index (κ2) is 12.8. The summed E-state index contributed by atoms with van der Waals surface area (Å²) in [6, 6.07) is 11.9. The summed E-state index contributed by atoms with van der Waals surface area (Å²) in [5.74, 6) is 3.34. The number of rotatable bonds is 9. The van der Waals surface area contributed by atoms with E-state index < -0.39 is 5.97 Å². The first-order chi connectivity index (χ1) is 23.7. The normalized spacial score (nSPS) is 38.5. The molecule has 0 radical (unpaired) electrons. The number of hydrogen-bond donors (Lipinski definition) is 3. The highest BCUT2D eigenvalue weighted by Gasteiger charge is 2.70. The van der Waals surface area contributed by atoms with E-state index in [0.717, 1.165) is 25.3 Å². The molecule has 5 aliphatic rings. The molecule has 6 heteroatoms. The molecule has 270 valence electrons. The number of anilines is 1. The number of allylic oxidation sites excluding steroid dienone is 3. The molecule has 0 amide bonds. The predicted molar refractivity (Wildman–Crippen MR) is 209 cm³/mol. The van der Waals surface area contributed by atoms with Crippen LogP contribution in [0.25, 0.3) is 5.57 Å². The first-order valence-corrected chi connectivity index (χ1v) is 20.6. The largest absolute Gasteiger partial charge is 0.478 e. The quantitative estimate of drug-likeness (QED) is 0.138. The first kappa shape index (κ1) is 35.8. The van der Waals surface area contributed by atoms with Crippen molar-refractivity contribution in [2.45, 2.75) is 110 Å². The fraction of sp³-hybridized carbons (Fsp3) is 0.636. The molecule has 0 bridgehead atoms. The molecule has 5 nitrogen and oxygen atoms in total. The molecule has 0 spiro atoms. The number of aromatic carboxylic acids is 1. The van der Waals surface area contributed by atoms with Crippen LogP contribution in [-0.2, 0) is 0 Å². The molecule has 0 aliphatic heterocycles. The molecule has 1 aromatic carbocycles. The lowest BCUT2D eigenvalue weighted by Crippen LogP contribution is -2.68. The highest BCUT2D eigenvalue weighted by atomic mass is 32.2. The number of nitrogens with zero attached hydrogens (tertiary/aromatic N) is 1. The second-order valence-corrected chi connectivity index (χ2v) is 19.1. The molecule has 50 heavy (non-hydrogen) atoms. The average Bonchev–Trinajstić information content (AvgIpc) is 3.47. The zero-order valence-electron chi connectivity index (χ0n) is 31.7. The average molecular weight is 696 g/mol. The zero-order chi connectivity index (χ0) is 35.7. The number of carbonyl (C=O) groups is 1. The van der Waals surface area contributed by atoms with Gasteiger partial charge < -0.3 is 15.7 Å². The van der Waals surface area contributed by atoms with Crippen molar-refractivity contribution < 1.29 is 9.90 Å². The molecule has 9 unspecified atom stereocenters. The van der Waals surface area contributed by atoms with Crippen molar-refractivity contribution >= 4 is 29.1 Å². The van der Waals surface area contributed by atoms with E-state index in [1.807, 2.05) is 18.3 Å². The minimum absolute atomic E-state index is 0.0273. The van der Waals surface area contributed by atoms with Crippen molar-refractivity contribution in [3.05, 3.63) is 72.0 Å². The Hall–Kier alpha value is -2.57. The van der Waals surface area contributed by atoms with E-state index in [9.17, 15) is 9.90 Å². The number of thioether (sulfide) groups is 1. The summed E-state index contributed by atoms with van der Waals surface area (Å²) in [4.78, 5) is 17.4. The molecule has 7 rings (SSSR count). The Morgan fingerprint density at radius 3 is 2.34 bits per heavy atom. The number of benzene rings is 1. The number of pyridine rings is 1. The van der Waals surface area contributed by atoms with E-state index in [1.165, 1.54) is 73.0 Å². The number of carboxylic acids is 1. The van der Waals surface area contributed by atoms with Crippen molar-refractivity contribution in [1.29, 1.82) is 0 Å². The van der Waals surface area contributed by atoms with Crippen molar-refractivity contribution in [3.63, 3.8) is 0 Å². The third-order valence-corrected chi connectivity index (χ3v) is 16.7. The monoisotopic (exact) mass is 695 g/mol. The van der Waals surface area contributed by atoms with E-state index in [2.05, 4.69) is 88.2 Å². The van der Waals surface area contributed by atoms with Crippen LogP contribution >= 0.6 is 11.8 Å². The highest BCUT2D eigenvalue weighted by molar-refractivity contribution is 7.98. The van der Waals surface area contributed by atoms with E-state index in [-0.39, 0.29) is 16.4 Å². The maximum absolute atomic E-state index is 11.6. The van der Waals surface area contributed by atoms with Crippen molar-refractivity contribution in [1.82, 2.24) is 10.3 Å². The van der Waals surface area contributed by atoms with Crippen molar-refractivity contribution in [2.24, 2.45) is 51.2 Å². The Labute approximate surface area is 306 Å². The SMILES string of the molecule is C=C(C)C1CCC2(NCCNc3ccc(SC)cn3)CCC3(C)C(CCC4C5(C)CC=C(c6ccc(C(=O)O)cc6)C(C)(C)C5CCC43C)C12. The Morgan fingerprint density at radius 1 is 0.920 bits per heavy atom. The smallest absolute Gasteiger partial charge is 0.335 e. The summed E-state index contributed by atoms with van der Waals surface area (Å²) < 4.78 is 0. The Morgan fingerprint density at radius 2 is 1.68 bits per heavy atom. The molecule has 5 aliphatic carbocycles. The number of fused-ring (bicyclic) bond motifs is 7. The van der Waals surface area contributed by atoms with Gasteiger partial charge in [0.25, 0.3) is 0 Å². The zero-order valence-corrected chi connectivity index (χ0v) is 32.5. The van der Waals surface area contributed by atoms with Crippen LogP contribution in [0.5, 0.6) is 0 Å². The predicted octanol–water partition coefficient (Wildman–Crippen LogP) is 10.6. The molecule has 0 saturated heterocycles. The van der Waals surface area contributed by atoms with Gasteiger partial charge in [-0.1, -0.05) is 65.0 Å². The molecule has 4 fully saturated rings. The molecule has 1 aromatic heterocycles. The molecular weight excluding hydrogens is 635 g/mol. The third-order valence-electron chi connectivity index (χ3n) is 16.0. The van der Waals surface area contributed by atoms with Crippen LogP contribution in [0.2, 0.25) is 0 Å². The second-order valence-electron chi connectivity index (χ2n) is 18.2. The minimum atomic E-state index is -0.859. The van der Waals surface area contributed by atoms with Crippen molar-refractivity contribution in [2.75, 3.05) is 24.7 Å². The molecule has 9 atom stereocenters. The highest BCUT2D eigenvalue weighted by Crippen LogP contribution is 2.76. The fourth-order valence-electron chi connectivity index (χ4n) is 13.4. The van der Waals surface area contributed by atoms with E-state index in [0.29, 0.717) is 46.0 Å². The van der Waals surface area contributed by atoms with Gasteiger partial charge in [0, 0.05) is 29.7 Å². The van der Waals surface area contributed by atoms with Crippen LogP contribution in [0, 0.1) is 51.2 Å². The van der Waals surface area contributed by atoms with Crippen LogP contribution in [0.1, 0.15) is 115 Å². The van der Waals surface area contributed by atoms with Gasteiger partial charge in [-0.3, -0.25) is 0 Å². The maximum Gasteiger partial charge on any atom is 0.335 e. The lowest BCUT2D eigenvalue weighted by atomic mass is 9.33. The molecule has 2 aromatic rings. The summed E-state index contributed by atoms with van der Waals surface area (Å²) in [6.45, 7) is 21.8. The van der Waals surface area contributed by atoms with Crippen LogP contribution in [0.4, 0.5) is 5.82 Å². The summed E-state index contributed by atoms with van der Waals surface area (Å²) in [5.41, 5.74) is 5.43. The van der Waals surface area contributed by atoms with Gasteiger partial charge in [0.1, 0.15) is 5.82 Å². The summed E-state index contributed by atoms with van der Waals surface area (Å²) >= 11 is 1.73. The lowest BCUT2D eigenvalue weighted by molar-refractivity contribution is -0.219. The van der Waals surface area contributed by atoms with E-state index in [4.69, 9.17) is 0 Å². The number of aromatic nitrogens is 1. The van der Waals surface area contributed by atoms with Gasteiger partial charge in [-0.2, -0.15) is 0 Å². The van der Waals surface area contributed by atoms with E-state index in [1.54, 1.807) is 23.9 Å². The molecular formula is C44H61N3O2S.